The Morgan fingerprint density at radius 2 is 1.91 bits per heavy atom. The number of hydrogen-bond acceptors (Lipinski definition) is 5. The number of hydrogen-bond donors (Lipinski definition) is 1. The van der Waals surface area contributed by atoms with E-state index >= 15 is 0 Å². The van der Waals surface area contributed by atoms with Gasteiger partial charge in [0.2, 0.25) is 0 Å². The molecule has 2 aromatic rings. The van der Waals surface area contributed by atoms with Gasteiger partial charge in [-0.25, -0.2) is 4.79 Å². The van der Waals surface area contributed by atoms with Crippen molar-refractivity contribution in [1.29, 1.82) is 5.26 Å². The maximum absolute atomic E-state index is 13.2. The van der Waals surface area contributed by atoms with E-state index < -0.39 is 23.0 Å². The number of aromatic nitrogens is 1. The number of pyridine rings is 1. The lowest BCUT2D eigenvalue weighted by Gasteiger charge is -2.31. The highest BCUT2D eigenvalue weighted by molar-refractivity contribution is 9.11. The molecule has 6 nitrogen and oxygen atoms in total. The Morgan fingerprint density at radius 1 is 1.21 bits per heavy atom. The number of nitriles is 1. The molecule has 1 heterocycles. The Bertz CT molecular complexity index is 1140. The monoisotopic (exact) mass is 573 g/mol. The second kappa shape index (κ2) is 10.2. The van der Waals surface area contributed by atoms with E-state index in [9.17, 15) is 14.9 Å². The largest absolute Gasteiger partial charge is 0.456 e. The van der Waals surface area contributed by atoms with E-state index in [1.54, 1.807) is 30.5 Å². The van der Waals surface area contributed by atoms with Gasteiger partial charge in [-0.3, -0.25) is 9.78 Å². The average Bonchev–Trinajstić information content (AvgIpc) is 3.21. The van der Waals surface area contributed by atoms with Crippen LogP contribution in [0.5, 0.6) is 0 Å². The van der Waals surface area contributed by atoms with Crippen molar-refractivity contribution < 1.29 is 14.3 Å². The first-order chi connectivity index (χ1) is 15.5. The molecule has 3 rings (SSSR count). The lowest BCUT2D eigenvalue weighted by molar-refractivity contribution is -0.119. The van der Waals surface area contributed by atoms with Crippen LogP contribution in [0.3, 0.4) is 0 Å². The Morgan fingerprint density at radius 3 is 2.52 bits per heavy atom. The van der Waals surface area contributed by atoms with E-state index in [-0.39, 0.29) is 5.57 Å². The van der Waals surface area contributed by atoms with Gasteiger partial charge in [-0.1, -0.05) is 25.0 Å². The van der Waals surface area contributed by atoms with Gasteiger partial charge in [0.25, 0.3) is 5.91 Å². The molecule has 0 radical (unpaired) electrons. The summed E-state index contributed by atoms with van der Waals surface area (Å²) in [5.74, 6) is -0.883. The summed E-state index contributed by atoms with van der Waals surface area (Å²) in [7, 11) is 0. The summed E-state index contributed by atoms with van der Waals surface area (Å²) in [4.78, 5) is 30.0. The third-order valence-electron chi connectivity index (χ3n) is 5.34. The van der Waals surface area contributed by atoms with E-state index in [4.69, 9.17) is 4.74 Å². The smallest absolute Gasteiger partial charge is 0.338 e. The van der Waals surface area contributed by atoms with Crippen LogP contribution in [0, 0.1) is 11.3 Å². The molecule has 1 aliphatic carbocycles. The minimum Gasteiger partial charge on any atom is -0.456 e. The molecule has 0 saturated heterocycles. The van der Waals surface area contributed by atoms with Crippen molar-refractivity contribution in [3.05, 3.63) is 67.9 Å². The minimum atomic E-state index is -0.657. The predicted molar refractivity (Wildman–Crippen MR) is 133 cm³/mol. The molecule has 172 valence electrons. The summed E-state index contributed by atoms with van der Waals surface area (Å²) in [5.41, 5.74) is 0.445. The summed E-state index contributed by atoms with van der Waals surface area (Å²) in [5, 5.41) is 12.8. The highest BCUT2D eigenvalue weighted by Crippen LogP contribution is 2.39. The predicted octanol–water partition coefficient (Wildman–Crippen LogP) is 6.05. The van der Waals surface area contributed by atoms with Crippen LogP contribution < -0.4 is 5.32 Å². The molecule has 8 heteroatoms. The molecule has 0 aliphatic heterocycles. The van der Waals surface area contributed by atoms with Gasteiger partial charge in [0.1, 0.15) is 17.2 Å². The van der Waals surface area contributed by atoms with Crippen LogP contribution in [0.1, 0.15) is 68.1 Å². The minimum absolute atomic E-state index is 0.0416. The van der Waals surface area contributed by atoms with Gasteiger partial charge in [-0.05, 0) is 95.3 Å². The molecule has 1 aliphatic rings. The summed E-state index contributed by atoms with van der Waals surface area (Å²) < 4.78 is 6.95. The van der Waals surface area contributed by atoms with E-state index in [1.165, 1.54) is 6.08 Å². The van der Waals surface area contributed by atoms with Crippen molar-refractivity contribution in [3.63, 3.8) is 0 Å². The highest BCUT2D eigenvalue weighted by atomic mass is 79.9. The van der Waals surface area contributed by atoms with Gasteiger partial charge < -0.3 is 10.1 Å². The van der Waals surface area contributed by atoms with Gasteiger partial charge in [0.05, 0.1) is 16.8 Å². The van der Waals surface area contributed by atoms with Gasteiger partial charge >= 0.3 is 5.97 Å². The quantitative estimate of drug-likeness (QED) is 0.266. The Kier molecular flexibility index (Phi) is 7.76. The van der Waals surface area contributed by atoms with Crippen molar-refractivity contribution in [3.8, 4) is 6.07 Å². The zero-order valence-electron chi connectivity index (χ0n) is 18.7. The number of carbonyl (C=O) groups is 2. The lowest BCUT2D eigenvalue weighted by atomic mass is 9.86. The summed E-state index contributed by atoms with van der Waals surface area (Å²) in [6.07, 6.45) is 6.37. The Balaban J connectivity index is 1.90. The highest BCUT2D eigenvalue weighted by Gasteiger charge is 2.38. The molecule has 1 amide bonds. The normalized spacial score (nSPS) is 15.6. The zero-order chi connectivity index (χ0) is 24.2. The van der Waals surface area contributed by atoms with Crippen LogP contribution in [0.25, 0.3) is 6.08 Å². The Hall–Kier alpha value is -2.50. The third kappa shape index (κ3) is 6.30. The molecule has 1 aromatic carbocycles. The number of esters is 1. The van der Waals surface area contributed by atoms with Crippen LogP contribution in [-0.2, 0) is 15.1 Å². The molecule has 1 aromatic heterocycles. The molecule has 1 saturated carbocycles. The Labute approximate surface area is 210 Å². The molecule has 0 atom stereocenters. The van der Waals surface area contributed by atoms with Gasteiger partial charge in [0, 0.05) is 15.1 Å². The van der Waals surface area contributed by atoms with Crippen LogP contribution >= 0.6 is 31.9 Å². The summed E-state index contributed by atoms with van der Waals surface area (Å²) in [6, 6.07) is 11.0. The first-order valence-electron chi connectivity index (χ1n) is 10.6. The molecule has 0 spiro atoms. The van der Waals surface area contributed by atoms with E-state index in [2.05, 4.69) is 42.2 Å². The van der Waals surface area contributed by atoms with Crippen LogP contribution in [0.15, 0.2) is 51.0 Å². The van der Waals surface area contributed by atoms with Gasteiger partial charge in [-0.15, -0.1) is 0 Å². The molecule has 33 heavy (non-hydrogen) atoms. The maximum Gasteiger partial charge on any atom is 0.338 e. The fourth-order valence-corrected chi connectivity index (χ4v) is 4.95. The molecule has 0 bridgehead atoms. The fourth-order valence-electron chi connectivity index (χ4n) is 3.85. The zero-order valence-corrected chi connectivity index (χ0v) is 21.9. The topological polar surface area (TPSA) is 92.1 Å². The van der Waals surface area contributed by atoms with Crippen LogP contribution in [0.2, 0.25) is 0 Å². The summed E-state index contributed by atoms with van der Waals surface area (Å²) >= 11 is 6.75. The van der Waals surface area contributed by atoms with Crippen LogP contribution in [-0.4, -0.2) is 22.5 Å². The van der Waals surface area contributed by atoms with Crippen molar-refractivity contribution in [2.75, 3.05) is 0 Å². The number of nitrogens with zero attached hydrogens (tertiary/aromatic N) is 2. The van der Waals surface area contributed by atoms with E-state index in [1.807, 2.05) is 32.9 Å². The second-order valence-electron chi connectivity index (χ2n) is 9.02. The fraction of sp³-hybridized carbons (Fsp3) is 0.360. The number of halogens is 2. The first-order valence-corrected chi connectivity index (χ1v) is 12.2. The number of rotatable bonds is 5. The SMILES string of the molecule is CC(C)(C)OC(=O)c1cccc(C2(NC(=O)/C(C#N)=C/c3ncc(Br)cc3Br)CCCC2)c1. The summed E-state index contributed by atoms with van der Waals surface area (Å²) in [6.45, 7) is 5.46. The first kappa shape index (κ1) is 25.1. The standard InChI is InChI=1S/C25H25Br2N3O3/c1-24(2,3)33-23(32)16-7-6-8-18(11-16)25(9-4-5-10-25)30-22(31)17(14-28)12-21-20(27)13-19(26)15-29-21/h6-8,11-13,15H,4-5,9-10H2,1-3H3,(H,30,31)/b17-12+. The molecular formula is C25H25Br2N3O3. The molecular weight excluding hydrogens is 550 g/mol. The molecule has 0 unspecified atom stereocenters. The average molecular weight is 575 g/mol. The number of benzene rings is 1. The van der Waals surface area contributed by atoms with Crippen molar-refractivity contribution in [2.24, 2.45) is 0 Å². The van der Waals surface area contributed by atoms with Gasteiger partial charge in [-0.2, -0.15) is 5.26 Å². The number of nitrogens with one attached hydrogen (secondary N) is 1. The van der Waals surface area contributed by atoms with Crippen molar-refractivity contribution in [2.45, 2.75) is 57.6 Å². The van der Waals surface area contributed by atoms with Crippen molar-refractivity contribution >= 4 is 49.8 Å². The third-order valence-corrected chi connectivity index (χ3v) is 6.41. The molecule has 1 fully saturated rings. The molecule has 1 N–H and O–H groups in total. The number of ether oxygens (including phenoxy) is 1. The van der Waals surface area contributed by atoms with Gasteiger partial charge in [0.15, 0.2) is 0 Å². The number of carbonyl (C=O) groups excluding carboxylic acids is 2. The van der Waals surface area contributed by atoms with Crippen molar-refractivity contribution in [1.82, 2.24) is 10.3 Å². The lowest BCUT2D eigenvalue weighted by Crippen LogP contribution is -2.44. The second-order valence-corrected chi connectivity index (χ2v) is 10.8. The van der Waals surface area contributed by atoms with E-state index in [0.717, 1.165) is 35.7 Å². The van der Waals surface area contributed by atoms with E-state index in [0.29, 0.717) is 15.7 Å². The van der Waals surface area contributed by atoms with Crippen LogP contribution in [0.4, 0.5) is 0 Å². The number of amides is 1. The maximum atomic E-state index is 13.2.